The van der Waals surface area contributed by atoms with E-state index in [1.165, 1.54) is 19.3 Å². The highest BCUT2D eigenvalue weighted by atomic mass is 16.6. The van der Waals surface area contributed by atoms with E-state index in [4.69, 9.17) is 9.47 Å². The summed E-state index contributed by atoms with van der Waals surface area (Å²) in [5.74, 6) is 1.71. The first-order valence-electron chi connectivity index (χ1n) is 14.7. The van der Waals surface area contributed by atoms with Gasteiger partial charge in [0.1, 0.15) is 0 Å². The number of carbonyl (C=O) groups excluding carboxylic acids is 3. The lowest BCUT2D eigenvalue weighted by Gasteiger charge is -2.34. The molecule has 212 valence electrons. The molecular weight excluding hydrogens is 482 g/mol. The van der Waals surface area contributed by atoms with E-state index in [1.54, 1.807) is 0 Å². The summed E-state index contributed by atoms with van der Waals surface area (Å²) in [7, 11) is 0. The van der Waals surface area contributed by atoms with Crippen molar-refractivity contribution in [3.63, 3.8) is 0 Å². The molecule has 38 heavy (non-hydrogen) atoms. The zero-order chi connectivity index (χ0) is 27.0. The number of alkyl carbamates (subject to hydrolysis) is 2. The van der Waals surface area contributed by atoms with Crippen LogP contribution in [0.3, 0.4) is 0 Å². The van der Waals surface area contributed by atoms with Crippen LogP contribution >= 0.6 is 0 Å². The highest BCUT2D eigenvalue weighted by molar-refractivity contribution is 5.76. The van der Waals surface area contributed by atoms with Gasteiger partial charge in [-0.25, -0.2) is 9.59 Å². The Balaban J connectivity index is 1.17. The standard InChI is InChI=1S/C30H47N3O5/c1-2-3-10-28(34)32-26-15-11-23(12-16-26)21-24-13-17-27(18-14-24)33-30(36)38-20-7-19-37-29(35)31-22-25-8-5-4-6-9-25/h4-6,8-9,23-24,26-27H,2-3,7,10-22H2,1H3,(H,31,35)(H,32,34)(H,33,36). The largest absolute Gasteiger partial charge is 0.449 e. The lowest BCUT2D eigenvalue weighted by atomic mass is 9.75. The van der Waals surface area contributed by atoms with Crippen LogP contribution in [0.1, 0.15) is 96.0 Å². The molecule has 2 saturated carbocycles. The molecule has 0 aliphatic heterocycles. The topological polar surface area (TPSA) is 106 Å². The van der Waals surface area contributed by atoms with Gasteiger partial charge in [0.25, 0.3) is 0 Å². The normalized spacial score (nSPS) is 23.2. The monoisotopic (exact) mass is 529 g/mol. The molecule has 0 bridgehead atoms. The number of hydrogen-bond acceptors (Lipinski definition) is 5. The van der Waals surface area contributed by atoms with Gasteiger partial charge in [0, 0.05) is 31.5 Å². The number of amides is 3. The van der Waals surface area contributed by atoms with Crippen molar-refractivity contribution in [2.75, 3.05) is 13.2 Å². The Kier molecular flexibility index (Phi) is 13.3. The van der Waals surface area contributed by atoms with Crippen LogP contribution in [0.15, 0.2) is 30.3 Å². The van der Waals surface area contributed by atoms with Crippen molar-refractivity contribution in [3.05, 3.63) is 35.9 Å². The second-order valence-corrected chi connectivity index (χ2v) is 11.0. The molecule has 2 fully saturated rings. The molecule has 0 aromatic heterocycles. The Morgan fingerprint density at radius 3 is 1.95 bits per heavy atom. The third kappa shape index (κ3) is 11.7. The van der Waals surface area contributed by atoms with E-state index >= 15 is 0 Å². The maximum Gasteiger partial charge on any atom is 0.407 e. The molecular formula is C30H47N3O5. The number of nitrogens with one attached hydrogen (secondary N) is 3. The summed E-state index contributed by atoms with van der Waals surface area (Å²) in [4.78, 5) is 35.9. The predicted octanol–water partition coefficient (Wildman–Crippen LogP) is 5.84. The van der Waals surface area contributed by atoms with Crippen molar-refractivity contribution in [2.45, 2.75) is 109 Å². The lowest BCUT2D eigenvalue weighted by Crippen LogP contribution is -2.39. The highest BCUT2D eigenvalue weighted by Crippen LogP contribution is 2.35. The third-order valence-electron chi connectivity index (χ3n) is 7.84. The van der Waals surface area contributed by atoms with Crippen molar-refractivity contribution in [1.29, 1.82) is 0 Å². The van der Waals surface area contributed by atoms with Crippen molar-refractivity contribution < 1.29 is 23.9 Å². The average Bonchev–Trinajstić information content (AvgIpc) is 2.93. The predicted molar refractivity (Wildman–Crippen MR) is 148 cm³/mol. The van der Waals surface area contributed by atoms with Gasteiger partial charge in [0.05, 0.1) is 13.2 Å². The van der Waals surface area contributed by atoms with E-state index in [9.17, 15) is 14.4 Å². The van der Waals surface area contributed by atoms with Crippen LogP contribution in [-0.4, -0.2) is 43.4 Å². The Morgan fingerprint density at radius 1 is 0.763 bits per heavy atom. The van der Waals surface area contributed by atoms with Crippen LogP contribution in [-0.2, 0) is 20.8 Å². The second kappa shape index (κ2) is 16.9. The maximum absolute atomic E-state index is 12.1. The Bertz CT molecular complexity index is 834. The molecule has 0 saturated heterocycles. The Morgan fingerprint density at radius 2 is 1.34 bits per heavy atom. The highest BCUT2D eigenvalue weighted by Gasteiger charge is 2.28. The van der Waals surface area contributed by atoms with Crippen LogP contribution in [0.4, 0.5) is 9.59 Å². The molecule has 0 atom stereocenters. The molecule has 3 N–H and O–H groups in total. The summed E-state index contributed by atoms with van der Waals surface area (Å²) in [6, 6.07) is 10.2. The van der Waals surface area contributed by atoms with Crippen LogP contribution in [0.2, 0.25) is 0 Å². The number of rotatable bonds is 13. The molecule has 0 radical (unpaired) electrons. The fourth-order valence-corrected chi connectivity index (χ4v) is 5.61. The zero-order valence-electron chi connectivity index (χ0n) is 23.1. The smallest absolute Gasteiger partial charge is 0.407 e. The number of benzene rings is 1. The average molecular weight is 530 g/mol. The van der Waals surface area contributed by atoms with Gasteiger partial charge in [-0.3, -0.25) is 4.79 Å². The van der Waals surface area contributed by atoms with E-state index in [0.717, 1.165) is 68.8 Å². The quantitative estimate of drug-likeness (QED) is 0.278. The molecule has 3 amide bonds. The first-order chi connectivity index (χ1) is 18.5. The van der Waals surface area contributed by atoms with Gasteiger partial charge in [-0.2, -0.15) is 0 Å². The lowest BCUT2D eigenvalue weighted by molar-refractivity contribution is -0.122. The van der Waals surface area contributed by atoms with Crippen molar-refractivity contribution in [3.8, 4) is 0 Å². The van der Waals surface area contributed by atoms with Crippen LogP contribution < -0.4 is 16.0 Å². The van der Waals surface area contributed by atoms with Crippen molar-refractivity contribution >= 4 is 18.1 Å². The molecule has 8 heteroatoms. The molecule has 0 heterocycles. The fourth-order valence-electron chi connectivity index (χ4n) is 5.61. The first-order valence-corrected chi connectivity index (χ1v) is 14.7. The minimum absolute atomic E-state index is 0.174. The van der Waals surface area contributed by atoms with Crippen LogP contribution in [0.25, 0.3) is 0 Å². The van der Waals surface area contributed by atoms with E-state index in [0.29, 0.717) is 25.4 Å². The number of ether oxygens (including phenoxy) is 2. The first kappa shape index (κ1) is 29.8. The fraction of sp³-hybridized carbons (Fsp3) is 0.700. The summed E-state index contributed by atoms with van der Waals surface area (Å²) < 4.78 is 10.4. The van der Waals surface area contributed by atoms with E-state index in [2.05, 4.69) is 22.9 Å². The number of carbonyl (C=O) groups is 3. The summed E-state index contributed by atoms with van der Waals surface area (Å²) in [5, 5.41) is 8.92. The van der Waals surface area contributed by atoms with Crippen LogP contribution in [0.5, 0.6) is 0 Å². The molecule has 1 aromatic rings. The van der Waals surface area contributed by atoms with E-state index in [-0.39, 0.29) is 31.3 Å². The molecule has 1 aromatic carbocycles. The van der Waals surface area contributed by atoms with Crippen LogP contribution in [0, 0.1) is 11.8 Å². The van der Waals surface area contributed by atoms with Gasteiger partial charge in [-0.15, -0.1) is 0 Å². The third-order valence-corrected chi connectivity index (χ3v) is 7.84. The summed E-state index contributed by atoms with van der Waals surface area (Å²) >= 11 is 0. The van der Waals surface area contributed by atoms with Gasteiger partial charge >= 0.3 is 12.2 Å². The Labute approximate surface area is 228 Å². The second-order valence-electron chi connectivity index (χ2n) is 11.0. The summed E-state index contributed by atoms with van der Waals surface area (Å²) in [6.45, 7) is 2.95. The van der Waals surface area contributed by atoms with Gasteiger partial charge in [0.2, 0.25) is 5.91 Å². The van der Waals surface area contributed by atoms with Gasteiger partial charge < -0.3 is 25.4 Å². The van der Waals surface area contributed by atoms with Gasteiger partial charge in [-0.1, -0.05) is 43.7 Å². The van der Waals surface area contributed by atoms with E-state index in [1.807, 2.05) is 30.3 Å². The molecule has 3 rings (SSSR count). The zero-order valence-corrected chi connectivity index (χ0v) is 23.1. The van der Waals surface area contributed by atoms with Crippen molar-refractivity contribution in [2.24, 2.45) is 11.8 Å². The van der Waals surface area contributed by atoms with E-state index < -0.39 is 6.09 Å². The molecule has 0 unspecified atom stereocenters. The molecule has 2 aliphatic carbocycles. The minimum atomic E-state index is -0.475. The van der Waals surface area contributed by atoms with Gasteiger partial charge in [0.15, 0.2) is 0 Å². The Hall–Kier alpha value is -2.77. The van der Waals surface area contributed by atoms with Gasteiger partial charge in [-0.05, 0) is 81.6 Å². The summed E-state index contributed by atoms with van der Waals surface area (Å²) in [5.41, 5.74) is 1.01. The molecule has 0 spiro atoms. The number of unbranched alkanes of at least 4 members (excludes halogenated alkanes) is 1. The summed E-state index contributed by atoms with van der Waals surface area (Å²) in [6.07, 6.45) is 12.5. The number of hydrogen-bond donors (Lipinski definition) is 3. The SMILES string of the molecule is CCCCC(=O)NC1CCC(CC2CCC(NC(=O)OCCCOC(=O)NCc3ccccc3)CC2)CC1. The molecule has 2 aliphatic rings. The minimum Gasteiger partial charge on any atom is -0.449 e. The molecule has 8 nitrogen and oxygen atoms in total. The maximum atomic E-state index is 12.1. The van der Waals surface area contributed by atoms with Crippen molar-refractivity contribution in [1.82, 2.24) is 16.0 Å².